The zero-order valence-electron chi connectivity index (χ0n) is 14.5. The van der Waals surface area contributed by atoms with Gasteiger partial charge in [-0.15, -0.1) is 0 Å². The molecule has 1 fully saturated rings. The van der Waals surface area contributed by atoms with E-state index in [1.54, 1.807) is 17.3 Å². The fourth-order valence-corrected chi connectivity index (χ4v) is 2.83. The van der Waals surface area contributed by atoms with Crippen LogP contribution in [0.2, 0.25) is 0 Å². The van der Waals surface area contributed by atoms with Crippen molar-refractivity contribution in [2.24, 2.45) is 0 Å². The maximum atomic E-state index is 12.3. The first-order valence-electron chi connectivity index (χ1n) is 8.31. The summed E-state index contributed by atoms with van der Waals surface area (Å²) in [7, 11) is 0. The highest BCUT2D eigenvalue weighted by Gasteiger charge is 2.22. The topological polar surface area (TPSA) is 94.2 Å². The highest BCUT2D eigenvalue weighted by atomic mass is 16.2. The van der Waals surface area contributed by atoms with Crippen LogP contribution in [0.4, 0.5) is 5.82 Å². The molecule has 0 aliphatic carbocycles. The van der Waals surface area contributed by atoms with Crippen molar-refractivity contribution in [2.45, 2.75) is 19.9 Å². The molecule has 1 aliphatic rings. The highest BCUT2D eigenvalue weighted by molar-refractivity contribution is 6.04. The zero-order valence-corrected chi connectivity index (χ0v) is 14.5. The summed E-state index contributed by atoms with van der Waals surface area (Å²) in [5.41, 5.74) is 1.62. The fourth-order valence-electron chi connectivity index (χ4n) is 2.83. The molecule has 0 bridgehead atoms. The Hall–Kier alpha value is -2.90. The third-order valence-corrected chi connectivity index (χ3v) is 4.12. The van der Waals surface area contributed by atoms with Crippen LogP contribution in [0.25, 0.3) is 11.2 Å². The maximum Gasteiger partial charge on any atom is 0.255 e. The third kappa shape index (κ3) is 3.47. The molecular weight excluding hydrogens is 320 g/mol. The number of aromatic nitrogens is 3. The van der Waals surface area contributed by atoms with Gasteiger partial charge in [0.2, 0.25) is 5.91 Å². The van der Waals surface area contributed by atoms with Crippen molar-refractivity contribution < 1.29 is 9.59 Å². The number of fused-ring (bicyclic) bond motifs is 1. The van der Waals surface area contributed by atoms with Gasteiger partial charge in [0.1, 0.15) is 11.3 Å². The van der Waals surface area contributed by atoms with Gasteiger partial charge in [0.25, 0.3) is 5.91 Å². The van der Waals surface area contributed by atoms with Gasteiger partial charge in [0.15, 0.2) is 5.65 Å². The molecule has 25 heavy (non-hydrogen) atoms. The molecule has 8 nitrogen and oxygen atoms in total. The van der Waals surface area contributed by atoms with Gasteiger partial charge in [0.05, 0.1) is 11.8 Å². The number of hydrogen-bond acceptors (Lipinski definition) is 5. The van der Waals surface area contributed by atoms with Crippen LogP contribution in [0.1, 0.15) is 24.2 Å². The molecule has 132 valence electrons. The number of H-pyrrole nitrogens is 1. The summed E-state index contributed by atoms with van der Waals surface area (Å²) in [5, 5.41) is 2.87. The number of hydrogen-bond donors (Lipinski definition) is 2. The van der Waals surface area contributed by atoms with Gasteiger partial charge >= 0.3 is 0 Å². The summed E-state index contributed by atoms with van der Waals surface area (Å²) in [6, 6.07) is 0.0454. The molecule has 0 aromatic carbocycles. The van der Waals surface area contributed by atoms with E-state index in [0.29, 0.717) is 48.7 Å². The molecule has 2 aromatic heterocycles. The van der Waals surface area contributed by atoms with Crippen LogP contribution in [0.3, 0.4) is 0 Å². The average molecular weight is 342 g/mol. The standard InChI is InChI=1S/C17H22N6O2/c1-4-14(24)23-7-5-22(6-8-23)13-10-19-16-15(21-13)12(9-18-16)17(25)20-11(2)3/h4,9-11H,1,5-8H2,2-3H3,(H,18,19)(H,20,25). The zero-order chi connectivity index (χ0) is 18.0. The second-order valence-corrected chi connectivity index (χ2v) is 6.27. The normalized spacial score (nSPS) is 14.8. The van der Waals surface area contributed by atoms with Crippen LogP contribution in [-0.4, -0.2) is 63.9 Å². The Kier molecular flexibility index (Phi) is 4.69. The predicted octanol–water partition coefficient (Wildman–Crippen LogP) is 0.931. The van der Waals surface area contributed by atoms with E-state index < -0.39 is 0 Å². The van der Waals surface area contributed by atoms with Crippen molar-refractivity contribution in [3.8, 4) is 0 Å². The average Bonchev–Trinajstić information content (AvgIpc) is 3.04. The number of aromatic amines is 1. The lowest BCUT2D eigenvalue weighted by atomic mass is 10.2. The molecule has 3 heterocycles. The van der Waals surface area contributed by atoms with E-state index in [-0.39, 0.29) is 17.9 Å². The van der Waals surface area contributed by atoms with Gasteiger partial charge in [-0.25, -0.2) is 9.97 Å². The van der Waals surface area contributed by atoms with Gasteiger partial charge in [-0.05, 0) is 19.9 Å². The van der Waals surface area contributed by atoms with Crippen LogP contribution >= 0.6 is 0 Å². The summed E-state index contributed by atoms with van der Waals surface area (Å²) in [4.78, 5) is 39.8. The molecule has 8 heteroatoms. The predicted molar refractivity (Wildman–Crippen MR) is 95.5 cm³/mol. The van der Waals surface area contributed by atoms with E-state index in [4.69, 9.17) is 0 Å². The van der Waals surface area contributed by atoms with Crippen LogP contribution in [0.5, 0.6) is 0 Å². The Labute approximate surface area is 145 Å². The second kappa shape index (κ2) is 6.92. The van der Waals surface area contributed by atoms with Crippen LogP contribution in [0.15, 0.2) is 25.0 Å². The Morgan fingerprint density at radius 2 is 2.04 bits per heavy atom. The number of amides is 2. The largest absolute Gasteiger partial charge is 0.352 e. The summed E-state index contributed by atoms with van der Waals surface area (Å²) in [6.07, 6.45) is 4.65. The van der Waals surface area contributed by atoms with Gasteiger partial charge in [-0.3, -0.25) is 9.59 Å². The Morgan fingerprint density at radius 1 is 1.32 bits per heavy atom. The quantitative estimate of drug-likeness (QED) is 0.806. The van der Waals surface area contributed by atoms with Gasteiger partial charge < -0.3 is 20.1 Å². The molecule has 1 aliphatic heterocycles. The lowest BCUT2D eigenvalue weighted by molar-refractivity contribution is -0.126. The van der Waals surface area contributed by atoms with Crippen molar-refractivity contribution in [3.05, 3.63) is 30.6 Å². The number of nitrogens with one attached hydrogen (secondary N) is 2. The molecule has 3 rings (SSSR count). The Balaban J connectivity index is 1.80. The number of nitrogens with zero attached hydrogens (tertiary/aromatic N) is 4. The molecule has 0 spiro atoms. The second-order valence-electron chi connectivity index (χ2n) is 6.27. The molecule has 0 radical (unpaired) electrons. The SMILES string of the molecule is C=CC(=O)N1CCN(c2cnc3[nH]cc(C(=O)NC(C)C)c3n2)CC1. The Bertz CT molecular complexity index is 805. The molecular formula is C17H22N6O2. The van der Waals surface area contributed by atoms with E-state index >= 15 is 0 Å². The van der Waals surface area contributed by atoms with Gasteiger partial charge in [0, 0.05) is 38.4 Å². The fraction of sp³-hybridized carbons (Fsp3) is 0.412. The molecule has 0 saturated carbocycles. The third-order valence-electron chi connectivity index (χ3n) is 4.12. The van der Waals surface area contributed by atoms with Crippen molar-refractivity contribution in [2.75, 3.05) is 31.1 Å². The van der Waals surface area contributed by atoms with E-state index in [9.17, 15) is 9.59 Å². The van der Waals surface area contributed by atoms with Crippen LogP contribution in [0, 0.1) is 0 Å². The van der Waals surface area contributed by atoms with E-state index in [0.717, 1.165) is 0 Å². The minimum atomic E-state index is -0.172. The number of piperazine rings is 1. The van der Waals surface area contributed by atoms with Gasteiger partial charge in [-0.2, -0.15) is 0 Å². The van der Waals surface area contributed by atoms with E-state index in [2.05, 4.69) is 31.7 Å². The monoisotopic (exact) mass is 342 g/mol. The first kappa shape index (κ1) is 16.9. The first-order valence-corrected chi connectivity index (χ1v) is 8.31. The van der Waals surface area contributed by atoms with E-state index in [1.165, 1.54) is 6.08 Å². The number of carbonyl (C=O) groups excluding carboxylic acids is 2. The summed E-state index contributed by atoms with van der Waals surface area (Å²) in [6.45, 7) is 9.89. The van der Waals surface area contributed by atoms with Gasteiger partial charge in [-0.1, -0.05) is 6.58 Å². The molecule has 2 N–H and O–H groups in total. The van der Waals surface area contributed by atoms with Crippen molar-refractivity contribution in [1.29, 1.82) is 0 Å². The number of carbonyl (C=O) groups is 2. The Morgan fingerprint density at radius 3 is 2.68 bits per heavy atom. The number of anilines is 1. The number of rotatable bonds is 4. The highest BCUT2D eigenvalue weighted by Crippen LogP contribution is 2.20. The molecule has 2 amide bonds. The minimum absolute atomic E-state index is 0.0454. The van der Waals surface area contributed by atoms with Crippen LogP contribution < -0.4 is 10.2 Å². The molecule has 1 saturated heterocycles. The lowest BCUT2D eigenvalue weighted by Crippen LogP contribution is -2.48. The molecule has 2 aromatic rings. The first-order chi connectivity index (χ1) is 12.0. The van der Waals surface area contributed by atoms with Crippen LogP contribution in [-0.2, 0) is 4.79 Å². The smallest absolute Gasteiger partial charge is 0.255 e. The minimum Gasteiger partial charge on any atom is -0.352 e. The summed E-state index contributed by atoms with van der Waals surface area (Å²) >= 11 is 0. The maximum absolute atomic E-state index is 12.3. The van der Waals surface area contributed by atoms with Crippen molar-refractivity contribution in [3.63, 3.8) is 0 Å². The summed E-state index contributed by atoms with van der Waals surface area (Å²) < 4.78 is 0. The van der Waals surface area contributed by atoms with E-state index in [1.807, 2.05) is 13.8 Å². The lowest BCUT2D eigenvalue weighted by Gasteiger charge is -2.34. The molecule has 0 atom stereocenters. The van der Waals surface area contributed by atoms with Crippen molar-refractivity contribution >= 4 is 28.8 Å². The molecule has 0 unspecified atom stereocenters. The summed E-state index contributed by atoms with van der Waals surface area (Å²) in [5.74, 6) is 0.477. The van der Waals surface area contributed by atoms with Crippen molar-refractivity contribution in [1.82, 2.24) is 25.2 Å².